The predicted octanol–water partition coefficient (Wildman–Crippen LogP) is 0.678. The molecule has 16 heavy (non-hydrogen) atoms. The number of likely N-dealkylation sites (tertiary alicyclic amines) is 1. The summed E-state index contributed by atoms with van der Waals surface area (Å²) in [5.74, 6) is 0.515. The highest BCUT2D eigenvalue weighted by Crippen LogP contribution is 2.16. The van der Waals surface area contributed by atoms with E-state index < -0.39 is 6.03 Å². The number of halogens is 1. The molecule has 1 saturated heterocycles. The van der Waals surface area contributed by atoms with Gasteiger partial charge in [0.25, 0.3) is 0 Å². The summed E-state index contributed by atoms with van der Waals surface area (Å²) in [6.45, 7) is 2.12. The summed E-state index contributed by atoms with van der Waals surface area (Å²) in [5.41, 5.74) is 5.01. The number of piperidine rings is 1. The number of alkyl halides is 1. The molecule has 0 radical (unpaired) electrons. The quantitative estimate of drug-likeness (QED) is 0.748. The maximum Gasteiger partial charge on any atom is 0.312 e. The van der Waals surface area contributed by atoms with Crippen LogP contribution in [0.2, 0.25) is 0 Å². The number of carbonyl (C=O) groups excluding carboxylic acids is 2. The van der Waals surface area contributed by atoms with Gasteiger partial charge >= 0.3 is 6.03 Å². The van der Waals surface area contributed by atoms with Gasteiger partial charge in [0.1, 0.15) is 0 Å². The minimum atomic E-state index is -0.496. The van der Waals surface area contributed by atoms with Gasteiger partial charge in [-0.2, -0.15) is 0 Å². The molecule has 1 heterocycles. The third-order valence-electron chi connectivity index (χ3n) is 2.75. The van der Waals surface area contributed by atoms with Crippen LogP contribution < -0.4 is 11.1 Å². The minimum Gasteiger partial charge on any atom is -0.352 e. The summed E-state index contributed by atoms with van der Waals surface area (Å²) in [4.78, 5) is 24.1. The molecule has 1 unspecified atom stereocenters. The standard InChI is InChI=1S/C10H18BrN3O2/c11-4-3-9(15)14-5-1-2-8(7-14)6-13-10(12)16/h8H,1-7H2,(H3,12,13,16). The number of nitrogens with two attached hydrogens (primary N) is 1. The zero-order valence-electron chi connectivity index (χ0n) is 9.25. The fraction of sp³-hybridized carbons (Fsp3) is 0.800. The van der Waals surface area contributed by atoms with Crippen LogP contribution in [0.25, 0.3) is 0 Å². The molecule has 1 fully saturated rings. The van der Waals surface area contributed by atoms with Gasteiger partial charge in [0, 0.05) is 31.4 Å². The molecule has 0 aromatic rings. The molecule has 0 saturated carbocycles. The van der Waals surface area contributed by atoms with E-state index >= 15 is 0 Å². The van der Waals surface area contributed by atoms with E-state index in [0.717, 1.165) is 25.9 Å². The van der Waals surface area contributed by atoms with E-state index in [1.165, 1.54) is 0 Å². The average molecular weight is 292 g/mol. The molecule has 1 aliphatic heterocycles. The lowest BCUT2D eigenvalue weighted by molar-refractivity contribution is -0.132. The predicted molar refractivity (Wildman–Crippen MR) is 65.3 cm³/mol. The van der Waals surface area contributed by atoms with Gasteiger partial charge in [-0.3, -0.25) is 4.79 Å². The van der Waals surface area contributed by atoms with Crippen molar-refractivity contribution in [3.8, 4) is 0 Å². The summed E-state index contributed by atoms with van der Waals surface area (Å²) in [6.07, 6.45) is 2.58. The average Bonchev–Trinajstić information content (AvgIpc) is 2.27. The Morgan fingerprint density at radius 3 is 2.88 bits per heavy atom. The number of rotatable bonds is 4. The molecule has 0 bridgehead atoms. The fourth-order valence-electron chi connectivity index (χ4n) is 1.94. The Labute approximate surface area is 104 Å². The third kappa shape index (κ3) is 4.38. The largest absolute Gasteiger partial charge is 0.352 e. The fourth-order valence-corrected chi connectivity index (χ4v) is 2.28. The SMILES string of the molecule is NC(=O)NCC1CCCN(C(=O)CCBr)C1. The van der Waals surface area contributed by atoms with Gasteiger partial charge in [0.05, 0.1) is 0 Å². The number of nitrogens with one attached hydrogen (secondary N) is 1. The van der Waals surface area contributed by atoms with Crippen molar-refractivity contribution in [1.82, 2.24) is 10.2 Å². The summed E-state index contributed by atoms with van der Waals surface area (Å²) >= 11 is 3.26. The summed E-state index contributed by atoms with van der Waals surface area (Å²) in [7, 11) is 0. The number of primary amides is 1. The number of amides is 3. The van der Waals surface area contributed by atoms with Gasteiger partial charge in [-0.1, -0.05) is 15.9 Å². The Bertz CT molecular complexity index is 260. The van der Waals surface area contributed by atoms with Gasteiger partial charge in [0.15, 0.2) is 0 Å². The van der Waals surface area contributed by atoms with E-state index in [1.807, 2.05) is 4.90 Å². The van der Waals surface area contributed by atoms with Gasteiger partial charge in [-0.25, -0.2) is 4.79 Å². The first kappa shape index (κ1) is 13.3. The zero-order chi connectivity index (χ0) is 12.0. The van der Waals surface area contributed by atoms with Crippen molar-refractivity contribution < 1.29 is 9.59 Å². The van der Waals surface area contributed by atoms with E-state index in [2.05, 4.69) is 21.2 Å². The molecule has 0 spiro atoms. The van der Waals surface area contributed by atoms with Crippen molar-refractivity contribution in [2.24, 2.45) is 11.7 Å². The number of urea groups is 1. The van der Waals surface area contributed by atoms with E-state index in [9.17, 15) is 9.59 Å². The van der Waals surface area contributed by atoms with Crippen molar-refractivity contribution in [3.63, 3.8) is 0 Å². The van der Waals surface area contributed by atoms with Crippen molar-refractivity contribution in [1.29, 1.82) is 0 Å². The molecule has 3 N–H and O–H groups in total. The van der Waals surface area contributed by atoms with E-state index in [0.29, 0.717) is 24.2 Å². The molecule has 1 aliphatic rings. The Morgan fingerprint density at radius 1 is 1.50 bits per heavy atom. The minimum absolute atomic E-state index is 0.181. The monoisotopic (exact) mass is 291 g/mol. The molecule has 0 aromatic carbocycles. The Hall–Kier alpha value is -0.780. The lowest BCUT2D eigenvalue weighted by atomic mass is 9.98. The van der Waals surface area contributed by atoms with Crippen molar-refractivity contribution >= 4 is 27.9 Å². The molecule has 1 atom stereocenters. The molecule has 1 rings (SSSR count). The van der Waals surface area contributed by atoms with Crippen LogP contribution in [0, 0.1) is 5.92 Å². The Balaban J connectivity index is 2.34. The first-order valence-corrected chi connectivity index (χ1v) is 6.62. The summed E-state index contributed by atoms with van der Waals surface area (Å²) in [5, 5.41) is 3.30. The van der Waals surface area contributed by atoms with Gasteiger partial charge < -0.3 is 16.0 Å². The number of nitrogens with zero attached hydrogens (tertiary/aromatic N) is 1. The number of carbonyl (C=O) groups is 2. The first-order valence-electron chi connectivity index (χ1n) is 5.50. The van der Waals surface area contributed by atoms with Gasteiger partial charge in [-0.05, 0) is 18.8 Å². The van der Waals surface area contributed by atoms with Gasteiger partial charge in [-0.15, -0.1) is 0 Å². The maximum absolute atomic E-state index is 11.7. The van der Waals surface area contributed by atoms with E-state index in [-0.39, 0.29) is 5.91 Å². The number of hydrogen-bond donors (Lipinski definition) is 2. The molecule has 0 aromatic heterocycles. The van der Waals surface area contributed by atoms with E-state index in [1.54, 1.807) is 0 Å². The second kappa shape index (κ2) is 6.73. The van der Waals surface area contributed by atoms with E-state index in [4.69, 9.17) is 5.73 Å². The highest BCUT2D eigenvalue weighted by molar-refractivity contribution is 9.09. The maximum atomic E-state index is 11.7. The van der Waals surface area contributed by atoms with Crippen molar-refractivity contribution in [3.05, 3.63) is 0 Å². The normalized spacial score (nSPS) is 20.6. The lowest BCUT2D eigenvalue weighted by Crippen LogP contribution is -2.44. The smallest absolute Gasteiger partial charge is 0.312 e. The molecule has 3 amide bonds. The highest BCUT2D eigenvalue weighted by atomic mass is 79.9. The number of hydrogen-bond acceptors (Lipinski definition) is 2. The Morgan fingerprint density at radius 2 is 2.25 bits per heavy atom. The van der Waals surface area contributed by atoms with Crippen molar-refractivity contribution in [2.45, 2.75) is 19.3 Å². The molecule has 6 heteroatoms. The summed E-state index contributed by atoms with van der Waals surface area (Å²) < 4.78 is 0. The van der Waals surface area contributed by atoms with Crippen LogP contribution in [0.4, 0.5) is 4.79 Å². The van der Waals surface area contributed by atoms with Crippen molar-refractivity contribution in [2.75, 3.05) is 25.0 Å². The van der Waals surface area contributed by atoms with Crippen LogP contribution in [-0.4, -0.2) is 41.8 Å². The molecular weight excluding hydrogens is 274 g/mol. The molecule has 92 valence electrons. The van der Waals surface area contributed by atoms with Crippen LogP contribution in [0.3, 0.4) is 0 Å². The first-order chi connectivity index (χ1) is 7.63. The molecular formula is C10H18BrN3O2. The van der Waals surface area contributed by atoms with Crippen LogP contribution in [0.5, 0.6) is 0 Å². The summed E-state index contributed by atoms with van der Waals surface area (Å²) in [6, 6.07) is -0.496. The molecule has 0 aliphatic carbocycles. The van der Waals surface area contributed by atoms with Crippen LogP contribution >= 0.6 is 15.9 Å². The zero-order valence-corrected chi connectivity index (χ0v) is 10.8. The third-order valence-corrected chi connectivity index (χ3v) is 3.14. The second-order valence-corrected chi connectivity index (χ2v) is 4.83. The molecule has 5 nitrogen and oxygen atoms in total. The highest BCUT2D eigenvalue weighted by Gasteiger charge is 2.23. The Kier molecular flexibility index (Phi) is 5.59. The van der Waals surface area contributed by atoms with Crippen LogP contribution in [0.1, 0.15) is 19.3 Å². The van der Waals surface area contributed by atoms with Crippen LogP contribution in [0.15, 0.2) is 0 Å². The topological polar surface area (TPSA) is 75.4 Å². The lowest BCUT2D eigenvalue weighted by Gasteiger charge is -2.32. The second-order valence-electron chi connectivity index (χ2n) is 4.03. The van der Waals surface area contributed by atoms with Gasteiger partial charge in [0.2, 0.25) is 5.91 Å². The van der Waals surface area contributed by atoms with Crippen LogP contribution in [-0.2, 0) is 4.79 Å².